The smallest absolute Gasteiger partial charge is 0.338 e. The first-order chi connectivity index (χ1) is 13.4. The summed E-state index contributed by atoms with van der Waals surface area (Å²) in [5.41, 5.74) is 0.900. The molecular weight excluding hydrogens is 364 g/mol. The predicted molar refractivity (Wildman–Crippen MR) is 102 cm³/mol. The number of fused-ring (bicyclic) bond motifs is 1. The van der Waals surface area contributed by atoms with Gasteiger partial charge in [-0.05, 0) is 44.2 Å². The van der Waals surface area contributed by atoms with Crippen LogP contribution in [0, 0.1) is 6.92 Å². The van der Waals surface area contributed by atoms with Crippen molar-refractivity contribution in [3.05, 3.63) is 63.5 Å². The molecule has 0 radical (unpaired) electrons. The number of benzene rings is 2. The van der Waals surface area contributed by atoms with Gasteiger partial charge in [0.05, 0.1) is 19.3 Å². The molecule has 0 saturated carbocycles. The number of carbonyl (C=O) groups is 1. The van der Waals surface area contributed by atoms with Crippen LogP contribution >= 0.6 is 0 Å². The van der Waals surface area contributed by atoms with Crippen LogP contribution in [-0.4, -0.2) is 24.8 Å². The lowest BCUT2D eigenvalue weighted by Crippen LogP contribution is -2.08. The number of hydrogen-bond donors (Lipinski definition) is 1. The van der Waals surface area contributed by atoms with Gasteiger partial charge in [0.1, 0.15) is 17.9 Å². The van der Waals surface area contributed by atoms with E-state index in [0.717, 1.165) is 0 Å². The van der Waals surface area contributed by atoms with Gasteiger partial charge in [0.25, 0.3) is 0 Å². The van der Waals surface area contributed by atoms with Gasteiger partial charge >= 0.3 is 11.6 Å². The molecule has 0 fully saturated rings. The van der Waals surface area contributed by atoms with Crippen molar-refractivity contribution >= 4 is 16.9 Å². The van der Waals surface area contributed by atoms with Gasteiger partial charge in [-0.3, -0.25) is 0 Å². The maximum Gasteiger partial charge on any atom is 0.338 e. The summed E-state index contributed by atoms with van der Waals surface area (Å²) in [6.45, 7) is 3.84. The summed E-state index contributed by atoms with van der Waals surface area (Å²) < 4.78 is 21.2. The van der Waals surface area contributed by atoms with Crippen molar-refractivity contribution in [2.24, 2.45) is 0 Å². The molecule has 0 amide bonds. The SMILES string of the molecule is CCOc1ccc(C(=O)OCc2cc(=O)oc3c(C)c(O)ccc23)cc1OC. The van der Waals surface area contributed by atoms with E-state index in [9.17, 15) is 14.7 Å². The van der Waals surface area contributed by atoms with Gasteiger partial charge in [0.15, 0.2) is 11.5 Å². The lowest BCUT2D eigenvalue weighted by atomic mass is 10.1. The molecule has 0 aliphatic carbocycles. The monoisotopic (exact) mass is 384 g/mol. The van der Waals surface area contributed by atoms with Crippen molar-refractivity contribution in [3.8, 4) is 17.2 Å². The Kier molecular flexibility index (Phi) is 5.54. The average Bonchev–Trinajstić information content (AvgIpc) is 2.69. The highest BCUT2D eigenvalue weighted by atomic mass is 16.5. The van der Waals surface area contributed by atoms with Crippen LogP contribution in [0.2, 0.25) is 0 Å². The molecule has 0 unspecified atom stereocenters. The highest BCUT2D eigenvalue weighted by Crippen LogP contribution is 2.29. The van der Waals surface area contributed by atoms with E-state index in [4.69, 9.17) is 18.6 Å². The van der Waals surface area contributed by atoms with Gasteiger partial charge in [-0.25, -0.2) is 9.59 Å². The quantitative estimate of drug-likeness (QED) is 0.513. The topological polar surface area (TPSA) is 95.2 Å². The molecule has 1 aromatic heterocycles. The summed E-state index contributed by atoms with van der Waals surface area (Å²) in [7, 11) is 1.49. The molecule has 0 spiro atoms. The van der Waals surface area contributed by atoms with E-state index in [2.05, 4.69) is 0 Å². The second-order valence-electron chi connectivity index (χ2n) is 6.05. The van der Waals surface area contributed by atoms with Gasteiger partial charge in [-0.2, -0.15) is 0 Å². The lowest BCUT2D eigenvalue weighted by molar-refractivity contribution is 0.0473. The molecule has 0 aliphatic rings. The third-order valence-corrected chi connectivity index (χ3v) is 4.28. The van der Waals surface area contributed by atoms with Crippen LogP contribution < -0.4 is 15.1 Å². The fourth-order valence-electron chi connectivity index (χ4n) is 2.83. The van der Waals surface area contributed by atoms with Crippen molar-refractivity contribution < 1.29 is 28.5 Å². The Morgan fingerprint density at radius 2 is 1.93 bits per heavy atom. The Morgan fingerprint density at radius 3 is 2.64 bits per heavy atom. The number of phenols is 1. The molecule has 1 heterocycles. The zero-order valence-electron chi connectivity index (χ0n) is 15.8. The van der Waals surface area contributed by atoms with Crippen LogP contribution in [-0.2, 0) is 11.3 Å². The fourth-order valence-corrected chi connectivity index (χ4v) is 2.83. The Bertz CT molecular complexity index is 1080. The summed E-state index contributed by atoms with van der Waals surface area (Å²) >= 11 is 0. The Hall–Kier alpha value is -3.48. The highest BCUT2D eigenvalue weighted by Gasteiger charge is 2.15. The molecule has 0 bridgehead atoms. The third kappa shape index (κ3) is 3.78. The molecule has 0 atom stereocenters. The van der Waals surface area contributed by atoms with Crippen LogP contribution in [0.25, 0.3) is 11.0 Å². The van der Waals surface area contributed by atoms with Crippen molar-refractivity contribution in [3.63, 3.8) is 0 Å². The van der Waals surface area contributed by atoms with Crippen molar-refractivity contribution in [2.45, 2.75) is 20.5 Å². The maximum absolute atomic E-state index is 12.4. The molecule has 7 nitrogen and oxygen atoms in total. The molecule has 7 heteroatoms. The molecule has 28 heavy (non-hydrogen) atoms. The number of esters is 1. The number of hydrogen-bond acceptors (Lipinski definition) is 7. The van der Waals surface area contributed by atoms with Crippen molar-refractivity contribution in [1.82, 2.24) is 0 Å². The summed E-state index contributed by atoms with van der Waals surface area (Å²) in [5.74, 6) is 0.404. The molecule has 2 aromatic carbocycles. The molecule has 3 aromatic rings. The average molecular weight is 384 g/mol. The minimum atomic E-state index is -0.588. The number of methoxy groups -OCH3 is 1. The van der Waals surface area contributed by atoms with Crippen LogP contribution in [0.15, 0.2) is 45.6 Å². The van der Waals surface area contributed by atoms with Gasteiger partial charge in [0, 0.05) is 22.6 Å². The Morgan fingerprint density at radius 1 is 1.14 bits per heavy atom. The largest absolute Gasteiger partial charge is 0.508 e. The number of aromatic hydroxyl groups is 1. The molecule has 0 saturated heterocycles. The standard InChI is InChI=1S/C21H20O7/c1-4-26-17-8-5-13(9-18(17)25-3)21(24)27-11-14-10-19(23)28-20-12(2)16(22)7-6-15(14)20/h5-10,22H,4,11H2,1-3H3. The molecular formula is C21H20O7. The summed E-state index contributed by atoms with van der Waals surface area (Å²) in [6.07, 6.45) is 0. The second-order valence-corrected chi connectivity index (χ2v) is 6.05. The van der Waals surface area contributed by atoms with Crippen molar-refractivity contribution in [1.29, 1.82) is 0 Å². The number of ether oxygens (including phenoxy) is 3. The van der Waals surface area contributed by atoms with E-state index >= 15 is 0 Å². The predicted octanol–water partition coefficient (Wildman–Crippen LogP) is 3.57. The first-order valence-electron chi connectivity index (χ1n) is 8.67. The minimum absolute atomic E-state index is 0.0197. The van der Waals surface area contributed by atoms with E-state index in [1.165, 1.54) is 25.3 Å². The van der Waals surface area contributed by atoms with Crippen LogP contribution in [0.3, 0.4) is 0 Å². The zero-order chi connectivity index (χ0) is 20.3. The fraction of sp³-hybridized carbons (Fsp3) is 0.238. The molecule has 3 rings (SSSR count). The van der Waals surface area contributed by atoms with Crippen molar-refractivity contribution in [2.75, 3.05) is 13.7 Å². The van der Waals surface area contributed by atoms with E-state index in [0.29, 0.717) is 40.2 Å². The van der Waals surface area contributed by atoms with Crippen LogP contribution in [0.1, 0.15) is 28.4 Å². The van der Waals surface area contributed by atoms with E-state index in [1.54, 1.807) is 25.1 Å². The Balaban J connectivity index is 1.85. The Labute approximate surface area is 161 Å². The number of aryl methyl sites for hydroxylation is 1. The summed E-state index contributed by atoms with van der Waals surface area (Å²) in [5, 5.41) is 10.4. The number of carbonyl (C=O) groups excluding carboxylic acids is 1. The minimum Gasteiger partial charge on any atom is -0.508 e. The van der Waals surface area contributed by atoms with Gasteiger partial charge in [-0.15, -0.1) is 0 Å². The number of phenolic OH excluding ortho intramolecular Hbond substituents is 1. The molecule has 1 N–H and O–H groups in total. The number of rotatable bonds is 6. The van der Waals surface area contributed by atoms with Gasteiger partial charge in [-0.1, -0.05) is 0 Å². The first-order valence-corrected chi connectivity index (χ1v) is 8.67. The van der Waals surface area contributed by atoms with Crippen LogP contribution in [0.5, 0.6) is 17.2 Å². The normalized spacial score (nSPS) is 10.7. The second kappa shape index (κ2) is 8.04. The zero-order valence-corrected chi connectivity index (χ0v) is 15.8. The highest BCUT2D eigenvalue weighted by molar-refractivity contribution is 5.90. The maximum atomic E-state index is 12.4. The summed E-state index contributed by atoms with van der Waals surface area (Å²) in [6, 6.07) is 9.13. The van der Waals surface area contributed by atoms with Crippen LogP contribution in [0.4, 0.5) is 0 Å². The van der Waals surface area contributed by atoms with E-state index in [-0.39, 0.29) is 17.9 Å². The van der Waals surface area contributed by atoms with Gasteiger partial charge < -0.3 is 23.7 Å². The lowest BCUT2D eigenvalue weighted by Gasteiger charge is -2.12. The van der Waals surface area contributed by atoms with Gasteiger partial charge in [0.2, 0.25) is 0 Å². The molecule has 0 aliphatic heterocycles. The first kappa shape index (κ1) is 19.3. The third-order valence-electron chi connectivity index (χ3n) is 4.28. The summed E-state index contributed by atoms with van der Waals surface area (Å²) in [4.78, 5) is 24.3. The van der Waals surface area contributed by atoms with E-state index in [1.807, 2.05) is 6.92 Å². The molecule has 146 valence electrons. The van der Waals surface area contributed by atoms with E-state index < -0.39 is 11.6 Å².